The van der Waals surface area contributed by atoms with Crippen molar-refractivity contribution < 1.29 is 14.3 Å². The zero-order valence-corrected chi connectivity index (χ0v) is 18.7. The minimum absolute atomic E-state index is 0.0413. The van der Waals surface area contributed by atoms with E-state index in [0.29, 0.717) is 39.0 Å². The second-order valence-electron chi connectivity index (χ2n) is 9.62. The van der Waals surface area contributed by atoms with Crippen molar-refractivity contribution in [2.75, 3.05) is 19.6 Å². The highest BCUT2D eigenvalue weighted by atomic mass is 16.6. The Morgan fingerprint density at radius 1 is 0.903 bits per heavy atom. The highest BCUT2D eigenvalue weighted by molar-refractivity contribution is 5.80. The lowest BCUT2D eigenvalue weighted by atomic mass is 9.84. The Balaban J connectivity index is 1.44. The van der Waals surface area contributed by atoms with Crippen molar-refractivity contribution in [3.63, 3.8) is 0 Å². The summed E-state index contributed by atoms with van der Waals surface area (Å²) in [5.41, 5.74) is 3.28. The van der Waals surface area contributed by atoms with Crippen LogP contribution in [0.25, 0.3) is 0 Å². The highest BCUT2D eigenvalue weighted by Gasteiger charge is 2.35. The average Bonchev–Trinajstić information content (AvgIpc) is 2.77. The van der Waals surface area contributed by atoms with Crippen molar-refractivity contribution in [1.29, 1.82) is 0 Å². The van der Waals surface area contributed by atoms with Crippen LogP contribution in [0.3, 0.4) is 0 Å². The molecule has 1 saturated heterocycles. The largest absolute Gasteiger partial charge is 0.444 e. The van der Waals surface area contributed by atoms with Gasteiger partial charge in [0.25, 0.3) is 0 Å². The van der Waals surface area contributed by atoms with E-state index in [-0.39, 0.29) is 23.8 Å². The van der Waals surface area contributed by atoms with E-state index in [1.807, 2.05) is 37.8 Å². The third-order valence-corrected chi connectivity index (χ3v) is 6.20. The Morgan fingerprint density at radius 3 is 2.23 bits per heavy atom. The number of piperidine rings is 1. The van der Waals surface area contributed by atoms with Crippen LogP contribution < -0.4 is 0 Å². The zero-order chi connectivity index (χ0) is 22.0. The zero-order valence-electron chi connectivity index (χ0n) is 18.7. The highest BCUT2D eigenvalue weighted by Crippen LogP contribution is 2.35. The predicted molar refractivity (Wildman–Crippen MR) is 121 cm³/mol. The lowest BCUT2D eigenvalue weighted by Crippen LogP contribution is -2.47. The van der Waals surface area contributed by atoms with Gasteiger partial charge < -0.3 is 14.5 Å². The topological polar surface area (TPSA) is 49.9 Å². The molecule has 2 heterocycles. The normalized spacial score (nSPS) is 19.6. The van der Waals surface area contributed by atoms with Crippen LogP contribution in [-0.4, -0.2) is 47.0 Å². The first-order valence-electron chi connectivity index (χ1n) is 11.2. The van der Waals surface area contributed by atoms with Gasteiger partial charge in [-0.3, -0.25) is 4.79 Å². The van der Waals surface area contributed by atoms with Crippen LogP contribution in [0.4, 0.5) is 4.79 Å². The Bertz CT molecular complexity index is 927. The second-order valence-corrected chi connectivity index (χ2v) is 9.62. The van der Waals surface area contributed by atoms with Crippen LogP contribution in [0.1, 0.15) is 56.2 Å². The fourth-order valence-electron chi connectivity index (χ4n) is 4.64. The molecule has 31 heavy (non-hydrogen) atoms. The van der Waals surface area contributed by atoms with Gasteiger partial charge in [0.1, 0.15) is 5.60 Å². The second kappa shape index (κ2) is 8.74. The number of benzene rings is 2. The van der Waals surface area contributed by atoms with Gasteiger partial charge in [-0.15, -0.1) is 0 Å². The fourth-order valence-corrected chi connectivity index (χ4v) is 4.64. The molecule has 5 nitrogen and oxygen atoms in total. The van der Waals surface area contributed by atoms with Gasteiger partial charge in [0.2, 0.25) is 5.91 Å². The van der Waals surface area contributed by atoms with E-state index in [4.69, 9.17) is 4.74 Å². The van der Waals surface area contributed by atoms with Crippen LogP contribution in [-0.2, 0) is 16.1 Å². The molecule has 0 radical (unpaired) electrons. The molecule has 2 aliphatic rings. The number of carbonyl (C=O) groups is 2. The number of amides is 2. The number of fused-ring (bicyclic) bond motifs is 1. The molecular formula is C26H32N2O3. The van der Waals surface area contributed by atoms with Gasteiger partial charge in [-0.1, -0.05) is 54.6 Å². The van der Waals surface area contributed by atoms with Crippen molar-refractivity contribution >= 4 is 12.0 Å². The van der Waals surface area contributed by atoms with Crippen molar-refractivity contribution in [2.24, 2.45) is 5.92 Å². The van der Waals surface area contributed by atoms with Gasteiger partial charge in [0.15, 0.2) is 0 Å². The van der Waals surface area contributed by atoms with E-state index in [1.54, 1.807) is 4.90 Å². The molecule has 0 bridgehead atoms. The number of hydrogen-bond donors (Lipinski definition) is 0. The third-order valence-electron chi connectivity index (χ3n) is 6.20. The monoisotopic (exact) mass is 420 g/mol. The van der Waals surface area contributed by atoms with Crippen LogP contribution in [0.15, 0.2) is 54.6 Å². The minimum atomic E-state index is -0.503. The molecule has 2 amide bonds. The first kappa shape index (κ1) is 21.4. The molecule has 0 N–H and O–H groups in total. The average molecular weight is 421 g/mol. The van der Waals surface area contributed by atoms with Crippen LogP contribution in [0.2, 0.25) is 0 Å². The summed E-state index contributed by atoms with van der Waals surface area (Å²) < 4.78 is 5.48. The van der Waals surface area contributed by atoms with Gasteiger partial charge in [-0.2, -0.15) is 0 Å². The van der Waals surface area contributed by atoms with E-state index >= 15 is 0 Å². The quantitative estimate of drug-likeness (QED) is 0.701. The standard InChI is InChI=1S/C26H32N2O3/c1-26(2,3)31-25(30)27-15-13-20(14-16-27)24(29)28-17-21-11-7-8-12-22(21)23(18-28)19-9-5-4-6-10-19/h4-12,20,23H,13-18H2,1-3H3. The van der Waals surface area contributed by atoms with Crippen LogP contribution in [0, 0.1) is 5.92 Å². The smallest absolute Gasteiger partial charge is 0.410 e. The van der Waals surface area contributed by atoms with Crippen molar-refractivity contribution in [3.8, 4) is 0 Å². The number of likely N-dealkylation sites (tertiary alicyclic amines) is 1. The van der Waals surface area contributed by atoms with E-state index in [2.05, 4.69) is 42.5 Å². The number of hydrogen-bond acceptors (Lipinski definition) is 3. The summed E-state index contributed by atoms with van der Waals surface area (Å²) in [6.07, 6.45) is 1.09. The summed E-state index contributed by atoms with van der Waals surface area (Å²) in [6.45, 7) is 8.11. The summed E-state index contributed by atoms with van der Waals surface area (Å²) in [6, 6.07) is 18.9. The predicted octanol–water partition coefficient (Wildman–Crippen LogP) is 4.81. The van der Waals surface area contributed by atoms with Crippen molar-refractivity contribution in [1.82, 2.24) is 9.80 Å². The van der Waals surface area contributed by atoms with Gasteiger partial charge in [-0.25, -0.2) is 4.79 Å². The molecular weight excluding hydrogens is 388 g/mol. The van der Waals surface area contributed by atoms with E-state index in [1.165, 1.54) is 16.7 Å². The van der Waals surface area contributed by atoms with Gasteiger partial charge in [0, 0.05) is 38.0 Å². The maximum atomic E-state index is 13.4. The molecule has 1 fully saturated rings. The van der Waals surface area contributed by atoms with Crippen molar-refractivity contribution in [3.05, 3.63) is 71.3 Å². The fraction of sp³-hybridized carbons (Fsp3) is 0.462. The number of nitrogens with zero attached hydrogens (tertiary/aromatic N) is 2. The molecule has 0 aliphatic carbocycles. The lowest BCUT2D eigenvalue weighted by Gasteiger charge is -2.39. The maximum Gasteiger partial charge on any atom is 0.410 e. The Labute approximate surface area is 185 Å². The number of rotatable bonds is 2. The van der Waals surface area contributed by atoms with Gasteiger partial charge in [-0.05, 0) is 50.3 Å². The summed E-state index contributed by atoms with van der Waals surface area (Å²) >= 11 is 0. The summed E-state index contributed by atoms with van der Waals surface area (Å²) in [7, 11) is 0. The summed E-state index contributed by atoms with van der Waals surface area (Å²) in [5.74, 6) is 0.358. The molecule has 2 aromatic carbocycles. The molecule has 4 rings (SSSR count). The summed E-state index contributed by atoms with van der Waals surface area (Å²) in [4.78, 5) is 29.5. The summed E-state index contributed by atoms with van der Waals surface area (Å²) in [5, 5.41) is 0. The minimum Gasteiger partial charge on any atom is -0.444 e. The Kier molecular flexibility index (Phi) is 6.03. The van der Waals surface area contributed by atoms with E-state index in [0.717, 1.165) is 0 Å². The van der Waals surface area contributed by atoms with E-state index in [9.17, 15) is 9.59 Å². The van der Waals surface area contributed by atoms with Crippen LogP contribution in [0.5, 0.6) is 0 Å². The first-order valence-corrected chi connectivity index (χ1v) is 11.2. The molecule has 164 valence electrons. The molecule has 0 spiro atoms. The molecule has 2 aromatic rings. The van der Waals surface area contributed by atoms with E-state index < -0.39 is 5.60 Å². The van der Waals surface area contributed by atoms with Gasteiger partial charge in [0.05, 0.1) is 0 Å². The molecule has 2 aliphatic heterocycles. The molecule has 0 aromatic heterocycles. The molecule has 1 atom stereocenters. The SMILES string of the molecule is CC(C)(C)OC(=O)N1CCC(C(=O)N2Cc3ccccc3C(c3ccccc3)C2)CC1. The van der Waals surface area contributed by atoms with Gasteiger partial charge >= 0.3 is 6.09 Å². The Morgan fingerprint density at radius 2 is 1.55 bits per heavy atom. The molecule has 5 heteroatoms. The first-order chi connectivity index (χ1) is 14.8. The number of carbonyl (C=O) groups excluding carboxylic acids is 2. The maximum absolute atomic E-state index is 13.4. The molecule has 1 unspecified atom stereocenters. The Hall–Kier alpha value is -2.82. The van der Waals surface area contributed by atoms with Crippen LogP contribution >= 0.6 is 0 Å². The number of ether oxygens (including phenoxy) is 1. The third kappa shape index (κ3) is 4.92. The van der Waals surface area contributed by atoms with Crippen molar-refractivity contribution in [2.45, 2.75) is 51.7 Å². The molecule has 0 saturated carbocycles. The lowest BCUT2D eigenvalue weighted by molar-refractivity contribution is -0.138.